The zero-order valence-electron chi connectivity index (χ0n) is 13.8. The average molecular weight is 423 g/mol. The summed E-state index contributed by atoms with van der Waals surface area (Å²) in [6.07, 6.45) is 2.78. The van der Waals surface area contributed by atoms with Gasteiger partial charge in [-0.2, -0.15) is 4.80 Å². The van der Waals surface area contributed by atoms with E-state index in [0.29, 0.717) is 27.1 Å². The van der Waals surface area contributed by atoms with E-state index >= 15 is 0 Å². The number of tetrazole rings is 1. The van der Waals surface area contributed by atoms with Gasteiger partial charge in [-0.1, -0.05) is 34.4 Å². The second-order valence-electron chi connectivity index (χ2n) is 5.18. The van der Waals surface area contributed by atoms with Crippen molar-refractivity contribution in [2.45, 2.75) is 0 Å². The molecule has 0 atom stereocenters. The Morgan fingerprint density at radius 3 is 2.85 bits per heavy atom. The van der Waals surface area contributed by atoms with E-state index < -0.39 is 5.91 Å². The molecule has 138 valence electrons. The predicted octanol–water partition coefficient (Wildman–Crippen LogP) is 3.30. The van der Waals surface area contributed by atoms with Crippen LogP contribution in [0, 0.1) is 0 Å². The number of halogens is 2. The monoisotopic (exact) mass is 422 g/mol. The van der Waals surface area contributed by atoms with Gasteiger partial charge in [0.2, 0.25) is 5.91 Å². The highest BCUT2D eigenvalue weighted by Crippen LogP contribution is 2.34. The number of benzene rings is 1. The van der Waals surface area contributed by atoms with Crippen LogP contribution < -0.4 is 10.6 Å². The molecule has 0 aliphatic rings. The number of nitrogens with one attached hydrogen (secondary N) is 2. The summed E-state index contributed by atoms with van der Waals surface area (Å²) < 4.78 is 5.67. The van der Waals surface area contributed by atoms with Crippen molar-refractivity contribution in [1.82, 2.24) is 25.5 Å². The number of anilines is 1. The number of amides is 1. The minimum Gasteiger partial charge on any atom is -0.457 e. The Morgan fingerprint density at radius 1 is 1.30 bits per heavy atom. The van der Waals surface area contributed by atoms with Gasteiger partial charge in [-0.3, -0.25) is 15.4 Å². The number of hydrogen-bond donors (Lipinski definition) is 2. The molecule has 0 fully saturated rings. The second kappa shape index (κ2) is 8.30. The first-order chi connectivity index (χ1) is 12.9. The van der Waals surface area contributed by atoms with E-state index in [9.17, 15) is 4.79 Å². The molecule has 0 unspecified atom stereocenters. The van der Waals surface area contributed by atoms with E-state index in [0.717, 1.165) is 0 Å². The van der Waals surface area contributed by atoms with Gasteiger partial charge < -0.3 is 4.42 Å². The van der Waals surface area contributed by atoms with Crippen molar-refractivity contribution < 1.29 is 9.21 Å². The van der Waals surface area contributed by atoms with Crippen LogP contribution >= 0.6 is 35.4 Å². The minimum absolute atomic E-state index is 0.0449. The van der Waals surface area contributed by atoms with Crippen molar-refractivity contribution in [3.8, 4) is 11.3 Å². The summed E-state index contributed by atoms with van der Waals surface area (Å²) in [6, 6.07) is 8.69. The Bertz CT molecular complexity index is 1030. The molecule has 0 radical (unpaired) electrons. The fourth-order valence-corrected chi connectivity index (χ4v) is 2.65. The first-order valence-electron chi connectivity index (χ1n) is 7.50. The maximum Gasteiger partial charge on any atom is 0.269 e. The molecule has 0 saturated carbocycles. The van der Waals surface area contributed by atoms with Gasteiger partial charge in [-0.25, -0.2) is 0 Å². The van der Waals surface area contributed by atoms with Crippen LogP contribution in [0.1, 0.15) is 5.76 Å². The number of aromatic nitrogens is 4. The standard InChI is InChI=1S/C16H12Cl2N6O2S/c1-24-22-15(21-23-24)20-16(27)19-13(25)8-6-9-5-7-12(26-9)10-3-2-4-11(17)14(10)18/h2-8H,1H3,(H2,19,20,22,25,27)/b8-6+. The van der Waals surface area contributed by atoms with Gasteiger partial charge >= 0.3 is 0 Å². The highest BCUT2D eigenvalue weighted by molar-refractivity contribution is 7.80. The van der Waals surface area contributed by atoms with Crippen LogP contribution in [0.5, 0.6) is 0 Å². The molecule has 27 heavy (non-hydrogen) atoms. The number of furan rings is 1. The van der Waals surface area contributed by atoms with E-state index in [1.807, 2.05) is 0 Å². The zero-order chi connectivity index (χ0) is 19.4. The molecule has 3 aromatic rings. The number of nitrogens with zero attached hydrogens (tertiary/aromatic N) is 4. The lowest BCUT2D eigenvalue weighted by molar-refractivity contribution is -0.115. The number of rotatable bonds is 4. The van der Waals surface area contributed by atoms with Crippen LogP contribution in [0.15, 0.2) is 40.8 Å². The zero-order valence-corrected chi connectivity index (χ0v) is 16.1. The van der Waals surface area contributed by atoms with E-state index in [-0.39, 0.29) is 11.1 Å². The molecule has 0 aliphatic heterocycles. The number of thiocarbonyl (C=S) groups is 1. The quantitative estimate of drug-likeness (QED) is 0.491. The first kappa shape index (κ1) is 19.0. The van der Waals surface area contributed by atoms with E-state index in [2.05, 4.69) is 26.0 Å². The minimum atomic E-state index is -0.449. The van der Waals surface area contributed by atoms with Crippen LogP contribution in [0.25, 0.3) is 17.4 Å². The summed E-state index contributed by atoms with van der Waals surface area (Å²) in [6.45, 7) is 0. The Hall–Kier alpha value is -2.75. The van der Waals surface area contributed by atoms with Crippen molar-refractivity contribution >= 4 is 58.5 Å². The highest BCUT2D eigenvalue weighted by atomic mass is 35.5. The molecule has 3 rings (SSSR count). The second-order valence-corrected chi connectivity index (χ2v) is 6.38. The predicted molar refractivity (Wildman–Crippen MR) is 106 cm³/mol. The Labute approximate surface area is 169 Å². The summed E-state index contributed by atoms with van der Waals surface area (Å²) in [4.78, 5) is 13.2. The van der Waals surface area contributed by atoms with Gasteiger partial charge in [-0.05, 0) is 47.8 Å². The molecule has 0 saturated heterocycles. The van der Waals surface area contributed by atoms with Crippen molar-refractivity contribution in [3.05, 3.63) is 52.2 Å². The third kappa shape index (κ3) is 4.91. The van der Waals surface area contributed by atoms with Gasteiger partial charge in [0.1, 0.15) is 11.5 Å². The number of aryl methyl sites for hydroxylation is 1. The van der Waals surface area contributed by atoms with Crippen LogP contribution in [0.2, 0.25) is 10.0 Å². The molecule has 2 aromatic heterocycles. The Kier molecular flexibility index (Phi) is 5.84. The van der Waals surface area contributed by atoms with Gasteiger partial charge in [0.05, 0.1) is 17.1 Å². The smallest absolute Gasteiger partial charge is 0.269 e. The van der Waals surface area contributed by atoms with Crippen LogP contribution in [-0.2, 0) is 11.8 Å². The van der Waals surface area contributed by atoms with Gasteiger partial charge in [0.25, 0.3) is 5.95 Å². The lowest BCUT2D eigenvalue weighted by atomic mass is 10.2. The number of carbonyl (C=O) groups excluding carboxylic acids is 1. The summed E-state index contributed by atoms with van der Waals surface area (Å²) in [5.74, 6) is 0.732. The lowest BCUT2D eigenvalue weighted by Crippen LogP contribution is -2.33. The number of hydrogen-bond acceptors (Lipinski definition) is 6. The lowest BCUT2D eigenvalue weighted by Gasteiger charge is -2.03. The third-order valence-corrected chi connectivity index (χ3v) is 4.24. The largest absolute Gasteiger partial charge is 0.457 e. The number of carbonyl (C=O) groups is 1. The van der Waals surface area contributed by atoms with Crippen molar-refractivity contribution in [2.24, 2.45) is 7.05 Å². The maximum atomic E-state index is 11.9. The molecular formula is C16H12Cl2N6O2S. The van der Waals surface area contributed by atoms with E-state index in [4.69, 9.17) is 39.8 Å². The molecule has 1 aromatic carbocycles. The SMILES string of the molecule is Cn1nnc(NC(=S)NC(=O)/C=C/c2ccc(-c3cccc(Cl)c3Cl)o2)n1. The average Bonchev–Trinajstić information content (AvgIpc) is 3.24. The van der Waals surface area contributed by atoms with Crippen LogP contribution in [-0.4, -0.2) is 31.2 Å². The summed E-state index contributed by atoms with van der Waals surface area (Å²) in [7, 11) is 1.61. The molecule has 11 heteroatoms. The van der Waals surface area contributed by atoms with Gasteiger partial charge in [0.15, 0.2) is 5.11 Å². The molecule has 0 bridgehead atoms. The van der Waals surface area contributed by atoms with Crippen LogP contribution in [0.3, 0.4) is 0 Å². The Morgan fingerprint density at radius 2 is 2.11 bits per heavy atom. The summed E-state index contributed by atoms with van der Waals surface area (Å²) in [5.41, 5.74) is 0.662. The molecule has 1 amide bonds. The molecule has 0 aliphatic carbocycles. The van der Waals surface area contributed by atoms with Crippen molar-refractivity contribution in [1.29, 1.82) is 0 Å². The highest BCUT2D eigenvalue weighted by Gasteiger charge is 2.10. The van der Waals surface area contributed by atoms with Crippen molar-refractivity contribution in [3.63, 3.8) is 0 Å². The van der Waals surface area contributed by atoms with Crippen LogP contribution in [0.4, 0.5) is 5.95 Å². The molecule has 8 nitrogen and oxygen atoms in total. The molecule has 0 spiro atoms. The fourth-order valence-electron chi connectivity index (χ4n) is 2.06. The molecular weight excluding hydrogens is 411 g/mol. The summed E-state index contributed by atoms with van der Waals surface area (Å²) in [5, 5.41) is 17.2. The van der Waals surface area contributed by atoms with E-state index in [1.165, 1.54) is 16.9 Å². The van der Waals surface area contributed by atoms with E-state index in [1.54, 1.807) is 37.4 Å². The van der Waals surface area contributed by atoms with Crippen molar-refractivity contribution in [2.75, 3.05) is 5.32 Å². The normalized spacial score (nSPS) is 10.9. The topological polar surface area (TPSA) is 97.9 Å². The fraction of sp³-hybridized carbons (Fsp3) is 0.0625. The van der Waals surface area contributed by atoms with Gasteiger partial charge in [0, 0.05) is 11.6 Å². The molecule has 2 heterocycles. The third-order valence-electron chi connectivity index (χ3n) is 3.21. The summed E-state index contributed by atoms with van der Waals surface area (Å²) >= 11 is 17.2. The first-order valence-corrected chi connectivity index (χ1v) is 8.67. The maximum absolute atomic E-state index is 11.9. The Balaban J connectivity index is 1.61. The van der Waals surface area contributed by atoms with Gasteiger partial charge in [-0.15, -0.1) is 5.10 Å². The molecule has 2 N–H and O–H groups in total.